The molecule has 4 atom stereocenters. The average Bonchev–Trinajstić information content (AvgIpc) is 3.29. The number of aliphatic hydroxyl groups excluding tert-OH is 2. The van der Waals surface area contributed by atoms with Crippen LogP contribution in [0, 0.1) is 23.5 Å². The van der Waals surface area contributed by atoms with Gasteiger partial charge in [-0.2, -0.15) is 13.1 Å². The smallest absolute Gasteiger partial charge is 0.274 e. The number of nitrogen functional groups attached to an aromatic ring is 1. The molecule has 3 heterocycles. The van der Waals surface area contributed by atoms with Crippen LogP contribution in [0.4, 0.5) is 20.3 Å². The number of aliphatic hydroxyl groups is 2. The lowest BCUT2D eigenvalue weighted by Crippen LogP contribution is -2.42. The predicted molar refractivity (Wildman–Crippen MR) is 121 cm³/mol. The van der Waals surface area contributed by atoms with Gasteiger partial charge in [-0.05, 0) is 12.1 Å². The molecule has 0 aliphatic carbocycles. The van der Waals surface area contributed by atoms with E-state index in [1.807, 2.05) is 4.72 Å². The Morgan fingerprint density at radius 2 is 1.89 bits per heavy atom. The molecule has 1 fully saturated rings. The SMILES string of the molecule is CNc1cc(F)c(C#Cc2cn(C3O[C@H](CNS(N)(=O)=O)[C@@H](O)C3O)c3ncnc(N)c23)c(F)c1. The van der Waals surface area contributed by atoms with Crippen LogP contribution in [0.15, 0.2) is 24.7 Å². The summed E-state index contributed by atoms with van der Waals surface area (Å²) in [6.45, 7) is -0.405. The molecule has 4 rings (SSSR count). The summed E-state index contributed by atoms with van der Waals surface area (Å²) in [6, 6.07) is 2.18. The highest BCUT2D eigenvalue weighted by atomic mass is 32.2. The number of aromatic nitrogens is 3. The second-order valence-corrected chi connectivity index (χ2v) is 9.04. The van der Waals surface area contributed by atoms with Gasteiger partial charge >= 0.3 is 0 Å². The zero-order valence-electron chi connectivity index (χ0n) is 18.1. The van der Waals surface area contributed by atoms with E-state index in [-0.39, 0.29) is 28.1 Å². The molecule has 186 valence electrons. The van der Waals surface area contributed by atoms with Crippen molar-refractivity contribution in [3.63, 3.8) is 0 Å². The molecule has 2 unspecified atom stereocenters. The van der Waals surface area contributed by atoms with Gasteiger partial charge in [-0.25, -0.2) is 23.9 Å². The molecular weight excluding hydrogens is 488 g/mol. The Morgan fingerprint density at radius 1 is 1.20 bits per heavy atom. The fraction of sp³-hybridized carbons (Fsp3) is 0.300. The summed E-state index contributed by atoms with van der Waals surface area (Å²) in [4.78, 5) is 8.05. The molecule has 12 nitrogen and oxygen atoms in total. The third-order valence-corrected chi connectivity index (χ3v) is 5.96. The Kier molecular flexibility index (Phi) is 6.60. The maximum Gasteiger partial charge on any atom is 0.274 e. The van der Waals surface area contributed by atoms with Gasteiger partial charge in [0.25, 0.3) is 10.2 Å². The lowest BCUT2D eigenvalue weighted by atomic mass is 10.1. The first-order valence-electron chi connectivity index (χ1n) is 10.1. The van der Waals surface area contributed by atoms with Crippen LogP contribution in [-0.2, 0) is 14.9 Å². The van der Waals surface area contributed by atoms with Gasteiger partial charge in [-0.15, -0.1) is 0 Å². The Bertz CT molecular complexity index is 1430. The highest BCUT2D eigenvalue weighted by molar-refractivity contribution is 7.87. The first-order valence-corrected chi connectivity index (χ1v) is 11.6. The lowest BCUT2D eigenvalue weighted by Gasteiger charge is -2.17. The van der Waals surface area contributed by atoms with Crippen LogP contribution in [0.1, 0.15) is 17.4 Å². The molecule has 2 aromatic heterocycles. The van der Waals surface area contributed by atoms with Crippen molar-refractivity contribution in [2.75, 3.05) is 24.6 Å². The summed E-state index contributed by atoms with van der Waals surface area (Å²) in [5, 5.41) is 28.7. The maximum atomic E-state index is 14.4. The fourth-order valence-corrected chi connectivity index (χ4v) is 4.09. The van der Waals surface area contributed by atoms with Crippen LogP contribution >= 0.6 is 0 Å². The number of ether oxygens (including phenoxy) is 1. The minimum Gasteiger partial charge on any atom is -0.388 e. The molecular formula is C20H21F2N7O5S. The van der Waals surface area contributed by atoms with E-state index in [4.69, 9.17) is 15.6 Å². The van der Waals surface area contributed by atoms with E-state index in [1.54, 1.807) is 0 Å². The topological polar surface area (TPSA) is 191 Å². The molecule has 0 radical (unpaired) electrons. The molecule has 1 aliphatic rings. The van der Waals surface area contributed by atoms with Crippen molar-refractivity contribution in [1.82, 2.24) is 19.3 Å². The van der Waals surface area contributed by atoms with Gasteiger partial charge in [-0.3, -0.25) is 0 Å². The van der Waals surface area contributed by atoms with E-state index in [9.17, 15) is 27.4 Å². The van der Waals surface area contributed by atoms with Gasteiger partial charge in [0.2, 0.25) is 0 Å². The van der Waals surface area contributed by atoms with Gasteiger partial charge in [0, 0.05) is 25.5 Å². The second kappa shape index (κ2) is 9.34. The van der Waals surface area contributed by atoms with Crippen LogP contribution in [-0.4, -0.2) is 65.1 Å². The van der Waals surface area contributed by atoms with Crippen molar-refractivity contribution in [1.29, 1.82) is 0 Å². The van der Waals surface area contributed by atoms with Gasteiger partial charge in [0.1, 0.15) is 47.7 Å². The molecule has 1 saturated heterocycles. The molecule has 3 aromatic rings. The fourth-order valence-electron chi connectivity index (χ4n) is 3.69. The number of hydrogen-bond acceptors (Lipinski definition) is 9. The van der Waals surface area contributed by atoms with Crippen molar-refractivity contribution >= 4 is 32.7 Å². The number of hydrogen-bond donors (Lipinski definition) is 6. The van der Waals surface area contributed by atoms with Crippen LogP contribution in [0.5, 0.6) is 0 Å². The van der Waals surface area contributed by atoms with E-state index >= 15 is 0 Å². The van der Waals surface area contributed by atoms with Crippen LogP contribution in [0.3, 0.4) is 0 Å². The molecule has 35 heavy (non-hydrogen) atoms. The summed E-state index contributed by atoms with van der Waals surface area (Å²) in [5.74, 6) is 3.34. The summed E-state index contributed by atoms with van der Waals surface area (Å²) in [6.07, 6.45) is -2.83. The lowest BCUT2D eigenvalue weighted by molar-refractivity contribution is -0.0327. The summed E-state index contributed by atoms with van der Waals surface area (Å²) >= 11 is 0. The number of benzene rings is 1. The van der Waals surface area contributed by atoms with E-state index in [0.29, 0.717) is 0 Å². The van der Waals surface area contributed by atoms with Crippen LogP contribution in [0.25, 0.3) is 11.0 Å². The van der Waals surface area contributed by atoms with Gasteiger partial charge in [0.05, 0.1) is 16.5 Å². The van der Waals surface area contributed by atoms with Crippen molar-refractivity contribution in [3.05, 3.63) is 47.4 Å². The molecule has 1 aromatic carbocycles. The van der Waals surface area contributed by atoms with Crippen molar-refractivity contribution in [3.8, 4) is 11.8 Å². The van der Waals surface area contributed by atoms with Crippen molar-refractivity contribution < 1.29 is 32.1 Å². The van der Waals surface area contributed by atoms with Crippen molar-refractivity contribution in [2.24, 2.45) is 5.14 Å². The molecule has 1 aliphatic heterocycles. The summed E-state index contributed by atoms with van der Waals surface area (Å²) < 4.78 is 60.0. The summed E-state index contributed by atoms with van der Waals surface area (Å²) in [7, 11) is -2.55. The Balaban J connectivity index is 1.75. The van der Waals surface area contributed by atoms with E-state index in [1.165, 1.54) is 17.8 Å². The zero-order valence-corrected chi connectivity index (χ0v) is 18.9. The summed E-state index contributed by atoms with van der Waals surface area (Å²) in [5.41, 5.74) is 6.08. The van der Waals surface area contributed by atoms with Gasteiger partial charge in [0.15, 0.2) is 6.23 Å². The number of anilines is 2. The quantitative estimate of drug-likeness (QED) is 0.238. The van der Waals surface area contributed by atoms with Crippen molar-refractivity contribution in [2.45, 2.75) is 24.5 Å². The molecule has 0 saturated carbocycles. The molecule has 8 N–H and O–H groups in total. The average molecular weight is 509 g/mol. The van der Waals surface area contributed by atoms with Gasteiger partial charge in [-0.1, -0.05) is 11.8 Å². The number of nitrogens with one attached hydrogen (secondary N) is 2. The van der Waals surface area contributed by atoms with E-state index in [2.05, 4.69) is 27.1 Å². The van der Waals surface area contributed by atoms with E-state index < -0.39 is 58.5 Å². The number of fused-ring (bicyclic) bond motifs is 1. The first kappa shape index (κ1) is 24.7. The zero-order chi connectivity index (χ0) is 25.5. The minimum atomic E-state index is -4.07. The molecule has 15 heteroatoms. The molecule has 0 bridgehead atoms. The number of nitrogens with two attached hydrogens (primary N) is 2. The Hall–Kier alpha value is -3.39. The number of nitrogens with zero attached hydrogens (tertiary/aromatic N) is 3. The highest BCUT2D eigenvalue weighted by Gasteiger charge is 2.44. The van der Waals surface area contributed by atoms with Crippen LogP contribution in [0.2, 0.25) is 0 Å². The predicted octanol–water partition coefficient (Wildman–Crippen LogP) is -0.854. The van der Waals surface area contributed by atoms with Crippen LogP contribution < -0.4 is 20.9 Å². The first-order chi connectivity index (χ1) is 16.5. The Morgan fingerprint density at radius 3 is 2.51 bits per heavy atom. The second-order valence-electron chi connectivity index (χ2n) is 7.66. The number of halogens is 2. The third kappa shape index (κ3) is 4.89. The highest BCUT2D eigenvalue weighted by Crippen LogP contribution is 2.34. The number of rotatable bonds is 5. The standard InChI is InChI=1S/C20H21F2N7O5S/c1-25-10-4-12(21)11(13(22)5-10)3-2-9-7-29(19-15(9)18(23)26-8-27-19)20-17(31)16(30)14(34-20)6-28-35(24,32)33/h4-5,7-8,14,16-17,20,25,28,30-31H,6H2,1H3,(H2,23,26,27)(H2,24,32,33)/t14-,16-,17?,20?/m1/s1. The largest absolute Gasteiger partial charge is 0.388 e. The Labute approximate surface area is 198 Å². The maximum absolute atomic E-state index is 14.4. The normalized spacial score (nSPS) is 22.2. The van der Waals surface area contributed by atoms with Gasteiger partial charge < -0.3 is 30.6 Å². The molecule has 0 spiro atoms. The minimum absolute atomic E-state index is 0.00463. The monoisotopic (exact) mass is 509 g/mol. The third-order valence-electron chi connectivity index (χ3n) is 5.39. The van der Waals surface area contributed by atoms with E-state index in [0.717, 1.165) is 18.5 Å². The molecule has 0 amide bonds.